The Kier molecular flexibility index (Phi) is 49.7. The molecule has 0 bridgehead atoms. The van der Waals surface area contributed by atoms with Crippen LogP contribution in [0, 0.1) is 0 Å². The fourth-order valence-corrected chi connectivity index (χ4v) is 7.48. The highest BCUT2D eigenvalue weighted by molar-refractivity contribution is 7.45. The number of aliphatic hydroxyl groups is 1. The number of phosphoric acid groups is 1. The Hall–Kier alpha value is -4.14. The van der Waals surface area contributed by atoms with Gasteiger partial charge in [-0.2, -0.15) is 0 Å². The van der Waals surface area contributed by atoms with Gasteiger partial charge in [0.15, 0.2) is 0 Å². The summed E-state index contributed by atoms with van der Waals surface area (Å²) in [5.41, 5.74) is 0. The Balaban J connectivity index is 4.22. The predicted molar refractivity (Wildman–Crippen MR) is 315 cm³/mol. The molecule has 0 aromatic rings. The molecule has 0 aromatic heterocycles. The molecule has 2 N–H and O–H groups in total. The Morgan fingerprint density at radius 1 is 0.493 bits per heavy atom. The molecule has 0 heterocycles. The average Bonchev–Trinajstić information content (AvgIpc) is 3.35. The van der Waals surface area contributed by atoms with Crippen molar-refractivity contribution in [2.24, 2.45) is 0 Å². The summed E-state index contributed by atoms with van der Waals surface area (Å²) in [5.74, 6) is -0.241. The van der Waals surface area contributed by atoms with E-state index in [0.717, 1.165) is 135 Å². The number of aliphatic hydroxyl groups excluding tert-OH is 1. The third kappa shape index (κ3) is 55.4. The van der Waals surface area contributed by atoms with E-state index in [1.807, 2.05) is 27.2 Å². The molecule has 0 fully saturated rings. The molecule has 9 heteroatoms. The third-order valence-corrected chi connectivity index (χ3v) is 12.1. The van der Waals surface area contributed by atoms with Crippen LogP contribution in [0.3, 0.4) is 0 Å². The van der Waals surface area contributed by atoms with E-state index in [2.05, 4.69) is 177 Å². The van der Waals surface area contributed by atoms with Crippen molar-refractivity contribution < 1.29 is 32.9 Å². The molecule has 8 nitrogen and oxygen atoms in total. The predicted octanol–water partition coefficient (Wildman–Crippen LogP) is 16.6. The second-order valence-electron chi connectivity index (χ2n) is 19.2. The summed E-state index contributed by atoms with van der Waals surface area (Å²) >= 11 is 0. The minimum absolute atomic E-state index is 0.0230. The van der Waals surface area contributed by atoms with E-state index in [9.17, 15) is 19.4 Å². The summed E-state index contributed by atoms with van der Waals surface area (Å²) < 4.78 is 23.2. The standard InChI is InChI=1S/C64H103N2O6P/c1-6-8-10-12-14-16-18-20-21-22-23-24-25-26-27-28-29-30-31-32-33-34-35-36-37-38-39-40-41-42-43-44-45-46-48-50-52-54-56-58-64(68)65-62(61-72-73(69,70)71-60-59-66(3,4)5)63(67)57-55-53-51-49-47-19-17-15-13-11-9-7-2/h8,10,13-16,20-21,23-24,26-27,29-30,32-33,35-36,38-39,41-42,44-45,47,49,55,57,62-63,67H,6-7,9,11-12,17-19,22,25,28,31,34,37,40,43,46,48,50-54,56,58-61H2,1-5H3,(H-,65,68,69,70)/b10-8-,15-13+,16-14-,21-20-,24-23-,27-26-,30-29-,33-32-,36-35-,39-38-,42-41-,45-44-,49-47+,57-55+. The van der Waals surface area contributed by atoms with Gasteiger partial charge in [0.2, 0.25) is 5.91 Å². The Morgan fingerprint density at radius 3 is 1.27 bits per heavy atom. The van der Waals surface area contributed by atoms with Gasteiger partial charge in [-0.1, -0.05) is 216 Å². The van der Waals surface area contributed by atoms with Gasteiger partial charge in [0.05, 0.1) is 39.9 Å². The Labute approximate surface area is 447 Å². The molecule has 3 atom stereocenters. The first-order valence-electron chi connectivity index (χ1n) is 28.0. The van der Waals surface area contributed by atoms with Crippen LogP contribution in [-0.4, -0.2) is 68.5 Å². The third-order valence-electron chi connectivity index (χ3n) is 11.1. The highest BCUT2D eigenvalue weighted by atomic mass is 31.2. The lowest BCUT2D eigenvalue weighted by Gasteiger charge is -2.29. The van der Waals surface area contributed by atoms with Gasteiger partial charge in [0.25, 0.3) is 7.82 Å². The number of quaternary nitrogens is 1. The van der Waals surface area contributed by atoms with Crippen LogP contribution in [0.25, 0.3) is 0 Å². The van der Waals surface area contributed by atoms with Crippen molar-refractivity contribution in [1.29, 1.82) is 0 Å². The van der Waals surface area contributed by atoms with E-state index in [1.54, 1.807) is 6.08 Å². The van der Waals surface area contributed by atoms with E-state index >= 15 is 0 Å². The zero-order valence-corrected chi connectivity index (χ0v) is 47.4. The summed E-state index contributed by atoms with van der Waals surface area (Å²) in [6.07, 6.45) is 84.4. The van der Waals surface area contributed by atoms with Crippen molar-refractivity contribution in [2.75, 3.05) is 40.9 Å². The number of allylic oxidation sites excluding steroid dienone is 27. The number of likely N-dealkylation sites (N-methyl/N-ethyl adjacent to an activating group) is 1. The highest BCUT2D eigenvalue weighted by Crippen LogP contribution is 2.38. The monoisotopic (exact) mass is 1030 g/mol. The van der Waals surface area contributed by atoms with Crippen molar-refractivity contribution in [2.45, 2.75) is 187 Å². The number of hydrogen-bond acceptors (Lipinski definition) is 6. The van der Waals surface area contributed by atoms with Crippen LogP contribution in [0.5, 0.6) is 0 Å². The van der Waals surface area contributed by atoms with E-state index < -0.39 is 26.6 Å². The maximum Gasteiger partial charge on any atom is 0.268 e. The molecular formula is C64H103N2O6P. The Bertz CT molecular complexity index is 1780. The van der Waals surface area contributed by atoms with Gasteiger partial charge in [-0.15, -0.1) is 0 Å². The van der Waals surface area contributed by atoms with Gasteiger partial charge >= 0.3 is 0 Å². The lowest BCUT2D eigenvalue weighted by Crippen LogP contribution is -2.45. The molecule has 0 aliphatic rings. The molecule has 410 valence electrons. The van der Waals surface area contributed by atoms with Crippen molar-refractivity contribution in [3.8, 4) is 0 Å². The lowest BCUT2D eigenvalue weighted by molar-refractivity contribution is -0.870. The number of nitrogens with zero attached hydrogens (tertiary/aromatic N) is 1. The summed E-state index contributed by atoms with van der Waals surface area (Å²) in [6.45, 7) is 4.40. The summed E-state index contributed by atoms with van der Waals surface area (Å²) in [4.78, 5) is 25.4. The van der Waals surface area contributed by atoms with Crippen LogP contribution in [0.1, 0.15) is 174 Å². The Morgan fingerprint density at radius 2 is 0.849 bits per heavy atom. The van der Waals surface area contributed by atoms with Gasteiger partial charge in [-0.05, 0) is 122 Å². The SMILES string of the molecule is CC/C=C\C/C=C\C/C=C\C/C=C\C/C=C\C/C=C\C/C=C\C/C=C\C/C=C\C/C=C\C/C=C\CCCCCCCC(=O)NC(COP(=O)([O-])OCC[N+](C)(C)C)C(O)/C=C/CC/C=C/CC/C=C/CCCC. The number of rotatable bonds is 48. The maximum absolute atomic E-state index is 12.9. The van der Waals surface area contributed by atoms with Crippen LogP contribution in [-0.2, 0) is 18.4 Å². The van der Waals surface area contributed by atoms with Crippen LogP contribution in [0.2, 0.25) is 0 Å². The first-order chi connectivity index (χ1) is 35.5. The molecular weight excluding hydrogens is 924 g/mol. The molecule has 0 aliphatic carbocycles. The van der Waals surface area contributed by atoms with E-state index in [4.69, 9.17) is 9.05 Å². The largest absolute Gasteiger partial charge is 0.756 e. The highest BCUT2D eigenvalue weighted by Gasteiger charge is 2.23. The summed E-state index contributed by atoms with van der Waals surface area (Å²) in [6, 6.07) is -0.932. The summed E-state index contributed by atoms with van der Waals surface area (Å²) in [5, 5.41) is 13.8. The number of carbonyl (C=O) groups is 1. The molecule has 1 amide bonds. The van der Waals surface area contributed by atoms with E-state index in [0.29, 0.717) is 23.9 Å². The van der Waals surface area contributed by atoms with E-state index in [-0.39, 0.29) is 12.5 Å². The van der Waals surface area contributed by atoms with E-state index in [1.165, 1.54) is 12.8 Å². The zero-order chi connectivity index (χ0) is 53.5. The second-order valence-corrected chi connectivity index (χ2v) is 20.6. The fraction of sp³-hybridized carbons (Fsp3) is 0.547. The smallest absolute Gasteiger partial charge is 0.268 e. The second kappa shape index (κ2) is 52.7. The maximum atomic E-state index is 12.9. The number of unbranched alkanes of at least 4 members (excludes halogenated alkanes) is 9. The molecule has 0 saturated heterocycles. The number of amides is 1. The van der Waals surface area contributed by atoms with Gasteiger partial charge in [0, 0.05) is 6.42 Å². The molecule has 0 saturated carbocycles. The fourth-order valence-electron chi connectivity index (χ4n) is 6.76. The molecule has 0 aromatic carbocycles. The van der Waals surface area contributed by atoms with Crippen LogP contribution in [0.15, 0.2) is 170 Å². The molecule has 0 spiro atoms. The lowest BCUT2D eigenvalue weighted by atomic mass is 10.1. The van der Waals surface area contributed by atoms with Crippen molar-refractivity contribution in [3.05, 3.63) is 170 Å². The van der Waals surface area contributed by atoms with Crippen LogP contribution in [0.4, 0.5) is 0 Å². The van der Waals surface area contributed by atoms with Crippen LogP contribution < -0.4 is 10.2 Å². The number of nitrogens with one attached hydrogen (secondary N) is 1. The van der Waals surface area contributed by atoms with Crippen molar-refractivity contribution in [3.63, 3.8) is 0 Å². The van der Waals surface area contributed by atoms with Gasteiger partial charge < -0.3 is 28.8 Å². The quantitative estimate of drug-likeness (QED) is 0.0272. The van der Waals surface area contributed by atoms with Gasteiger partial charge in [-0.3, -0.25) is 9.36 Å². The summed E-state index contributed by atoms with van der Waals surface area (Å²) in [7, 11) is 1.19. The zero-order valence-electron chi connectivity index (χ0n) is 46.5. The number of hydrogen-bond donors (Lipinski definition) is 2. The van der Waals surface area contributed by atoms with Gasteiger partial charge in [0.1, 0.15) is 13.2 Å². The molecule has 3 unspecified atom stereocenters. The van der Waals surface area contributed by atoms with Gasteiger partial charge in [-0.25, -0.2) is 0 Å². The number of carbonyl (C=O) groups excluding carboxylic acids is 1. The minimum Gasteiger partial charge on any atom is -0.756 e. The number of phosphoric ester groups is 1. The molecule has 73 heavy (non-hydrogen) atoms. The topological polar surface area (TPSA) is 108 Å². The van der Waals surface area contributed by atoms with Crippen LogP contribution >= 0.6 is 7.82 Å². The van der Waals surface area contributed by atoms with Crippen molar-refractivity contribution in [1.82, 2.24) is 5.32 Å². The molecule has 0 aliphatic heterocycles. The minimum atomic E-state index is -4.62. The first kappa shape index (κ1) is 68.9. The average molecular weight is 1030 g/mol. The van der Waals surface area contributed by atoms with Crippen molar-refractivity contribution >= 4 is 13.7 Å². The molecule has 0 rings (SSSR count). The molecule has 0 radical (unpaired) electrons. The first-order valence-corrected chi connectivity index (χ1v) is 29.5. The normalized spacial score (nSPS) is 15.2.